The maximum absolute atomic E-state index is 13.6. The molecule has 31 heavy (non-hydrogen) atoms. The summed E-state index contributed by atoms with van der Waals surface area (Å²) in [5.74, 6) is -4.96. The number of imide groups is 1. The Morgan fingerprint density at radius 1 is 1.19 bits per heavy atom. The zero-order valence-electron chi connectivity index (χ0n) is 15.9. The predicted molar refractivity (Wildman–Crippen MR) is 108 cm³/mol. The number of carboxylic acid groups (broad SMARTS) is 1. The van der Waals surface area contributed by atoms with Gasteiger partial charge in [-0.3, -0.25) is 4.79 Å². The van der Waals surface area contributed by atoms with E-state index in [-0.39, 0.29) is 11.3 Å². The molecule has 3 aromatic rings. The van der Waals surface area contributed by atoms with Crippen molar-refractivity contribution in [1.82, 2.24) is 15.2 Å². The Bertz CT molecular complexity index is 1300. The molecule has 2 heterocycles. The Morgan fingerprint density at radius 3 is 2.61 bits per heavy atom. The number of hydrogen-bond donors (Lipinski definition) is 3. The highest BCUT2D eigenvalue weighted by Gasteiger charge is 2.43. The van der Waals surface area contributed by atoms with Gasteiger partial charge >= 0.3 is 12.0 Å². The highest BCUT2D eigenvalue weighted by molar-refractivity contribution is 6.32. The van der Waals surface area contributed by atoms with E-state index in [9.17, 15) is 28.3 Å². The van der Waals surface area contributed by atoms with Crippen LogP contribution in [0.25, 0.3) is 17.0 Å². The monoisotopic (exact) mass is 445 g/mol. The first kappa shape index (κ1) is 20.5. The maximum atomic E-state index is 13.6. The number of halogens is 3. The lowest BCUT2D eigenvalue weighted by Crippen LogP contribution is -2.39. The number of H-pyrrole nitrogens is 1. The summed E-state index contributed by atoms with van der Waals surface area (Å²) in [5, 5.41) is 13.2. The van der Waals surface area contributed by atoms with Crippen molar-refractivity contribution >= 4 is 46.5 Å². The molecule has 1 saturated heterocycles. The number of aromatic amines is 1. The minimum absolute atomic E-state index is 0.160. The van der Waals surface area contributed by atoms with Gasteiger partial charge in [0.05, 0.1) is 5.52 Å². The second-order valence-electron chi connectivity index (χ2n) is 6.92. The van der Waals surface area contributed by atoms with Crippen LogP contribution in [0.3, 0.4) is 0 Å². The van der Waals surface area contributed by atoms with E-state index in [2.05, 4.69) is 10.3 Å². The third-order valence-corrected chi connectivity index (χ3v) is 5.45. The van der Waals surface area contributed by atoms with Gasteiger partial charge in [0.2, 0.25) is 0 Å². The van der Waals surface area contributed by atoms with Crippen molar-refractivity contribution in [1.29, 1.82) is 0 Å². The molecular weight excluding hydrogens is 432 g/mol. The van der Waals surface area contributed by atoms with E-state index in [1.807, 2.05) is 6.92 Å². The molecule has 1 aromatic heterocycles. The summed E-state index contributed by atoms with van der Waals surface area (Å²) < 4.78 is 26.9. The number of urea groups is 1. The number of nitrogens with zero attached hydrogens (tertiary/aromatic N) is 1. The molecule has 1 fully saturated rings. The normalized spacial score (nSPS) is 16.3. The molecule has 1 unspecified atom stereocenters. The van der Waals surface area contributed by atoms with Crippen molar-refractivity contribution < 1.29 is 28.3 Å². The molecule has 4 rings (SSSR count). The first-order chi connectivity index (χ1) is 14.7. The van der Waals surface area contributed by atoms with Crippen LogP contribution in [0.5, 0.6) is 0 Å². The van der Waals surface area contributed by atoms with Crippen LogP contribution in [0.1, 0.15) is 22.7 Å². The lowest BCUT2D eigenvalue weighted by molar-refractivity contribution is -0.146. The molecule has 1 aliphatic heterocycles. The maximum Gasteiger partial charge on any atom is 0.331 e. The third-order valence-electron chi connectivity index (χ3n) is 5.04. The van der Waals surface area contributed by atoms with Crippen molar-refractivity contribution in [3.8, 4) is 0 Å². The smallest absolute Gasteiger partial charge is 0.331 e. The number of carbonyl (C=O) groups is 3. The molecule has 0 bridgehead atoms. The van der Waals surface area contributed by atoms with Crippen LogP contribution >= 0.6 is 11.6 Å². The average Bonchev–Trinajstić information content (AvgIpc) is 3.24. The molecule has 0 aliphatic carbocycles. The average molecular weight is 446 g/mol. The zero-order chi connectivity index (χ0) is 22.4. The standard InChI is InChI=1S/C21H14ClF2N3O4/c1-9-13(22)4-3-12-11(8-25-17(9)12)7-16-19(28)27(21(31)26-16)18(20(29)30)10-2-5-14(23)15(24)6-10/h2-8,18,25H,1H3,(H,26,31)(H,29,30). The predicted octanol–water partition coefficient (Wildman–Crippen LogP) is 4.13. The molecule has 1 atom stereocenters. The highest BCUT2D eigenvalue weighted by Crippen LogP contribution is 2.31. The van der Waals surface area contributed by atoms with Crippen LogP contribution in [0, 0.1) is 18.6 Å². The number of aromatic nitrogens is 1. The molecule has 0 spiro atoms. The number of fused-ring (bicyclic) bond motifs is 1. The lowest BCUT2D eigenvalue weighted by atomic mass is 10.0. The van der Waals surface area contributed by atoms with E-state index >= 15 is 0 Å². The van der Waals surface area contributed by atoms with E-state index in [1.54, 1.807) is 18.3 Å². The van der Waals surface area contributed by atoms with Crippen LogP contribution in [0.2, 0.25) is 5.02 Å². The second-order valence-corrected chi connectivity index (χ2v) is 7.32. The number of aryl methyl sites for hydroxylation is 1. The van der Waals surface area contributed by atoms with Gasteiger partial charge in [0.25, 0.3) is 5.91 Å². The molecule has 3 amide bonds. The largest absolute Gasteiger partial charge is 0.479 e. The summed E-state index contributed by atoms with van der Waals surface area (Å²) in [5.41, 5.74) is 1.70. The fourth-order valence-electron chi connectivity index (χ4n) is 3.48. The van der Waals surface area contributed by atoms with Crippen molar-refractivity contribution in [2.75, 3.05) is 0 Å². The number of carbonyl (C=O) groups excluding carboxylic acids is 2. The Labute approximate surface area is 178 Å². The highest BCUT2D eigenvalue weighted by atomic mass is 35.5. The molecule has 0 radical (unpaired) electrons. The van der Waals surface area contributed by atoms with Crippen molar-refractivity contribution in [3.63, 3.8) is 0 Å². The van der Waals surface area contributed by atoms with Crippen LogP contribution in [-0.4, -0.2) is 32.9 Å². The third kappa shape index (κ3) is 3.42. The molecule has 1 aliphatic rings. The molecule has 2 aromatic carbocycles. The number of amides is 3. The number of rotatable bonds is 4. The molecule has 158 valence electrons. The van der Waals surface area contributed by atoms with E-state index in [1.165, 1.54) is 6.08 Å². The van der Waals surface area contributed by atoms with Gasteiger partial charge < -0.3 is 15.4 Å². The fourth-order valence-corrected chi connectivity index (χ4v) is 3.64. The van der Waals surface area contributed by atoms with Crippen LogP contribution in [0.15, 0.2) is 42.2 Å². The fraction of sp³-hybridized carbons (Fsp3) is 0.0952. The van der Waals surface area contributed by atoms with Gasteiger partial charge in [0.15, 0.2) is 17.7 Å². The van der Waals surface area contributed by atoms with Gasteiger partial charge in [-0.05, 0) is 42.3 Å². The van der Waals surface area contributed by atoms with Gasteiger partial charge in [-0.15, -0.1) is 0 Å². The minimum atomic E-state index is -1.84. The number of hydrogen-bond acceptors (Lipinski definition) is 3. The summed E-state index contributed by atoms with van der Waals surface area (Å²) in [6, 6.07) is 2.99. The summed E-state index contributed by atoms with van der Waals surface area (Å²) in [7, 11) is 0. The van der Waals surface area contributed by atoms with E-state index < -0.39 is 35.6 Å². The van der Waals surface area contributed by atoms with Gasteiger partial charge in [-0.1, -0.05) is 23.7 Å². The Morgan fingerprint density at radius 2 is 1.94 bits per heavy atom. The van der Waals surface area contributed by atoms with Crippen LogP contribution in [0.4, 0.5) is 13.6 Å². The van der Waals surface area contributed by atoms with E-state index in [0.29, 0.717) is 21.6 Å². The Hall–Kier alpha value is -3.72. The molecule has 10 heteroatoms. The van der Waals surface area contributed by atoms with Crippen molar-refractivity contribution in [2.45, 2.75) is 13.0 Å². The van der Waals surface area contributed by atoms with Gasteiger partial charge in [-0.25, -0.2) is 23.3 Å². The molecular formula is C21H14ClF2N3O4. The van der Waals surface area contributed by atoms with Crippen LogP contribution in [-0.2, 0) is 9.59 Å². The summed E-state index contributed by atoms with van der Waals surface area (Å²) in [6.07, 6.45) is 3.02. The number of aliphatic carboxylic acids is 1. The molecule has 0 saturated carbocycles. The lowest BCUT2D eigenvalue weighted by Gasteiger charge is -2.21. The Kier molecular flexibility index (Phi) is 4.98. The molecule has 3 N–H and O–H groups in total. The zero-order valence-corrected chi connectivity index (χ0v) is 16.6. The second kappa shape index (κ2) is 7.51. The van der Waals surface area contributed by atoms with E-state index in [4.69, 9.17) is 11.6 Å². The topological polar surface area (TPSA) is 102 Å². The summed E-state index contributed by atoms with van der Waals surface area (Å²) in [4.78, 5) is 40.7. The minimum Gasteiger partial charge on any atom is -0.479 e. The summed E-state index contributed by atoms with van der Waals surface area (Å²) >= 11 is 6.11. The quantitative estimate of drug-likeness (QED) is 0.415. The number of carboxylic acids is 1. The van der Waals surface area contributed by atoms with Crippen molar-refractivity contribution in [3.05, 3.63) is 75.6 Å². The number of benzene rings is 2. The molecule has 7 nitrogen and oxygen atoms in total. The van der Waals surface area contributed by atoms with Gasteiger partial charge in [0.1, 0.15) is 5.70 Å². The SMILES string of the molecule is Cc1c(Cl)ccc2c(C=C3NC(=O)N(C(C(=O)O)c4ccc(F)c(F)c4)C3=O)c[nH]c12. The van der Waals surface area contributed by atoms with Crippen molar-refractivity contribution in [2.24, 2.45) is 0 Å². The number of nitrogens with one attached hydrogen (secondary N) is 2. The van der Waals surface area contributed by atoms with Crippen LogP contribution < -0.4 is 5.32 Å². The van der Waals surface area contributed by atoms with Gasteiger partial charge in [-0.2, -0.15) is 0 Å². The first-order valence-electron chi connectivity index (χ1n) is 8.99. The van der Waals surface area contributed by atoms with Gasteiger partial charge in [0, 0.05) is 22.2 Å². The van der Waals surface area contributed by atoms with E-state index in [0.717, 1.165) is 28.6 Å². The summed E-state index contributed by atoms with van der Waals surface area (Å²) in [6.45, 7) is 1.82. The first-order valence-corrected chi connectivity index (χ1v) is 9.37. The Balaban J connectivity index is 1.74.